The molecule has 1 aliphatic carbocycles. The number of fused-ring (bicyclic) bond motifs is 1. The van der Waals surface area contributed by atoms with Crippen LogP contribution in [0.15, 0.2) is 53.1 Å². The van der Waals surface area contributed by atoms with E-state index in [0.717, 1.165) is 12.0 Å². The molecular formula is C16H13N3O. The van der Waals surface area contributed by atoms with Gasteiger partial charge in [-0.2, -0.15) is 4.98 Å². The molecule has 4 nitrogen and oxygen atoms in total. The predicted octanol–water partition coefficient (Wildman–Crippen LogP) is 3.01. The van der Waals surface area contributed by atoms with E-state index in [1.165, 1.54) is 11.1 Å². The Morgan fingerprint density at radius 2 is 1.85 bits per heavy atom. The highest BCUT2D eigenvalue weighted by molar-refractivity contribution is 5.70. The molecule has 2 aromatic carbocycles. The van der Waals surface area contributed by atoms with E-state index in [1.807, 2.05) is 30.3 Å². The molecule has 4 rings (SSSR count). The minimum Gasteiger partial charge on any atom is -0.398 e. The zero-order chi connectivity index (χ0) is 13.5. The van der Waals surface area contributed by atoms with Crippen LogP contribution in [0, 0.1) is 0 Å². The van der Waals surface area contributed by atoms with Gasteiger partial charge in [-0.1, -0.05) is 41.6 Å². The van der Waals surface area contributed by atoms with E-state index in [1.54, 1.807) is 0 Å². The van der Waals surface area contributed by atoms with Gasteiger partial charge in [-0.15, -0.1) is 0 Å². The lowest BCUT2D eigenvalue weighted by Gasteiger charge is -2.26. The van der Waals surface area contributed by atoms with E-state index in [-0.39, 0.29) is 5.92 Å². The molecule has 0 radical (unpaired) electrons. The number of hydrogen-bond acceptors (Lipinski definition) is 4. The molecule has 98 valence electrons. The quantitative estimate of drug-likeness (QED) is 0.722. The summed E-state index contributed by atoms with van der Waals surface area (Å²) in [4.78, 5) is 4.50. The van der Waals surface area contributed by atoms with E-state index in [4.69, 9.17) is 10.3 Å². The molecule has 3 aromatic rings. The number of nitrogens with zero attached hydrogens (tertiary/aromatic N) is 2. The smallest absolute Gasteiger partial charge is 0.234 e. The molecule has 20 heavy (non-hydrogen) atoms. The van der Waals surface area contributed by atoms with Crippen LogP contribution in [0.2, 0.25) is 0 Å². The third-order valence-corrected chi connectivity index (χ3v) is 3.80. The van der Waals surface area contributed by atoms with E-state index < -0.39 is 0 Å². The summed E-state index contributed by atoms with van der Waals surface area (Å²) in [5.41, 5.74) is 10.1. The molecule has 1 aliphatic rings. The number of rotatable bonds is 2. The molecule has 1 unspecified atom stereocenters. The first-order chi connectivity index (χ1) is 9.83. The highest BCUT2D eigenvalue weighted by atomic mass is 16.5. The Bertz CT molecular complexity index is 779. The molecule has 0 fully saturated rings. The van der Waals surface area contributed by atoms with Crippen LogP contribution in [0.1, 0.15) is 22.9 Å². The zero-order valence-corrected chi connectivity index (χ0v) is 10.8. The first kappa shape index (κ1) is 11.2. The van der Waals surface area contributed by atoms with Crippen molar-refractivity contribution >= 4 is 5.69 Å². The standard InChI is InChI=1S/C16H13N3O/c17-14-8-4-3-7-12(14)15-18-16(20-19-15)13-9-10-5-1-2-6-11(10)13/h1-8,13H,9,17H2. The second-order valence-electron chi connectivity index (χ2n) is 5.00. The van der Waals surface area contributed by atoms with Gasteiger partial charge >= 0.3 is 0 Å². The molecule has 2 N–H and O–H groups in total. The van der Waals surface area contributed by atoms with Gasteiger partial charge in [-0.25, -0.2) is 0 Å². The van der Waals surface area contributed by atoms with Gasteiger partial charge in [0.1, 0.15) is 0 Å². The third kappa shape index (κ3) is 1.61. The van der Waals surface area contributed by atoms with Gasteiger partial charge < -0.3 is 10.3 Å². The normalized spacial score (nSPS) is 16.5. The van der Waals surface area contributed by atoms with Crippen LogP contribution in [0.3, 0.4) is 0 Å². The minimum atomic E-state index is 0.220. The lowest BCUT2D eigenvalue weighted by Crippen LogP contribution is -2.18. The van der Waals surface area contributed by atoms with Crippen molar-refractivity contribution in [2.45, 2.75) is 12.3 Å². The van der Waals surface area contributed by atoms with Crippen molar-refractivity contribution in [2.24, 2.45) is 0 Å². The second kappa shape index (κ2) is 4.20. The first-order valence-corrected chi connectivity index (χ1v) is 6.59. The number of hydrogen-bond donors (Lipinski definition) is 1. The van der Waals surface area contributed by atoms with Crippen molar-refractivity contribution in [3.8, 4) is 11.4 Å². The number of nitrogens with two attached hydrogens (primary N) is 1. The van der Waals surface area contributed by atoms with E-state index in [9.17, 15) is 0 Å². The number of anilines is 1. The number of nitrogen functional groups attached to an aromatic ring is 1. The van der Waals surface area contributed by atoms with Crippen molar-refractivity contribution in [2.75, 3.05) is 5.73 Å². The third-order valence-electron chi connectivity index (χ3n) is 3.80. The Balaban J connectivity index is 1.69. The summed E-state index contributed by atoms with van der Waals surface area (Å²) in [7, 11) is 0. The summed E-state index contributed by atoms with van der Waals surface area (Å²) in [6.07, 6.45) is 0.960. The monoisotopic (exact) mass is 263 g/mol. The SMILES string of the molecule is Nc1ccccc1-c1noc(C2Cc3ccccc32)n1. The topological polar surface area (TPSA) is 64.9 Å². The van der Waals surface area contributed by atoms with Crippen molar-refractivity contribution < 1.29 is 4.52 Å². The Morgan fingerprint density at radius 3 is 2.70 bits per heavy atom. The number of aromatic nitrogens is 2. The zero-order valence-electron chi connectivity index (χ0n) is 10.8. The van der Waals surface area contributed by atoms with E-state index in [0.29, 0.717) is 17.4 Å². The summed E-state index contributed by atoms with van der Waals surface area (Å²) < 4.78 is 5.42. The van der Waals surface area contributed by atoms with Gasteiger partial charge in [0.15, 0.2) is 0 Å². The molecule has 1 heterocycles. The molecule has 0 saturated heterocycles. The summed E-state index contributed by atoms with van der Waals surface area (Å²) in [6, 6.07) is 15.9. The predicted molar refractivity (Wildman–Crippen MR) is 76.1 cm³/mol. The molecule has 0 saturated carbocycles. The molecule has 0 spiro atoms. The summed E-state index contributed by atoms with van der Waals surface area (Å²) >= 11 is 0. The lowest BCUT2D eigenvalue weighted by atomic mass is 9.77. The number of para-hydroxylation sites is 1. The minimum absolute atomic E-state index is 0.220. The molecule has 4 heteroatoms. The summed E-state index contributed by atoms with van der Waals surface area (Å²) in [6.45, 7) is 0. The van der Waals surface area contributed by atoms with Crippen LogP contribution >= 0.6 is 0 Å². The van der Waals surface area contributed by atoms with Crippen LogP contribution in [0.25, 0.3) is 11.4 Å². The average molecular weight is 263 g/mol. The summed E-state index contributed by atoms with van der Waals surface area (Å²) in [5, 5.41) is 4.06. The molecule has 0 amide bonds. The van der Waals surface area contributed by atoms with Crippen LogP contribution in [-0.2, 0) is 6.42 Å². The van der Waals surface area contributed by atoms with Crippen LogP contribution in [0.4, 0.5) is 5.69 Å². The Kier molecular flexibility index (Phi) is 2.36. The maximum atomic E-state index is 5.94. The molecule has 0 bridgehead atoms. The van der Waals surface area contributed by atoms with Gasteiger partial charge in [-0.3, -0.25) is 0 Å². The maximum Gasteiger partial charge on any atom is 0.234 e. The van der Waals surface area contributed by atoms with Crippen LogP contribution in [-0.4, -0.2) is 10.1 Å². The fraction of sp³-hybridized carbons (Fsp3) is 0.125. The van der Waals surface area contributed by atoms with Crippen LogP contribution < -0.4 is 5.73 Å². The van der Waals surface area contributed by atoms with Gasteiger partial charge in [0.25, 0.3) is 0 Å². The van der Waals surface area contributed by atoms with Crippen LogP contribution in [0.5, 0.6) is 0 Å². The van der Waals surface area contributed by atoms with E-state index in [2.05, 4.69) is 28.3 Å². The molecule has 0 aliphatic heterocycles. The van der Waals surface area contributed by atoms with Gasteiger partial charge in [0, 0.05) is 11.3 Å². The highest BCUT2D eigenvalue weighted by Gasteiger charge is 2.31. The second-order valence-corrected chi connectivity index (χ2v) is 5.00. The fourth-order valence-electron chi connectivity index (χ4n) is 2.67. The van der Waals surface area contributed by atoms with E-state index >= 15 is 0 Å². The largest absolute Gasteiger partial charge is 0.398 e. The van der Waals surface area contributed by atoms with Gasteiger partial charge in [0.05, 0.1) is 5.92 Å². The summed E-state index contributed by atoms with van der Waals surface area (Å²) in [5.74, 6) is 1.45. The van der Waals surface area contributed by atoms with Gasteiger partial charge in [0.2, 0.25) is 11.7 Å². The lowest BCUT2D eigenvalue weighted by molar-refractivity contribution is 0.356. The first-order valence-electron chi connectivity index (χ1n) is 6.59. The fourth-order valence-corrected chi connectivity index (χ4v) is 2.67. The van der Waals surface area contributed by atoms with Crippen molar-refractivity contribution in [1.82, 2.24) is 10.1 Å². The molecular weight excluding hydrogens is 250 g/mol. The van der Waals surface area contributed by atoms with Crippen molar-refractivity contribution in [3.05, 3.63) is 65.5 Å². The number of benzene rings is 2. The Morgan fingerprint density at radius 1 is 1.05 bits per heavy atom. The maximum absolute atomic E-state index is 5.94. The Hall–Kier alpha value is -2.62. The van der Waals surface area contributed by atoms with Crippen molar-refractivity contribution in [1.29, 1.82) is 0 Å². The highest BCUT2D eigenvalue weighted by Crippen LogP contribution is 2.39. The molecule has 1 aromatic heterocycles. The van der Waals surface area contributed by atoms with Crippen molar-refractivity contribution in [3.63, 3.8) is 0 Å². The average Bonchev–Trinajstić information content (AvgIpc) is 2.90. The molecule has 1 atom stereocenters. The Labute approximate surface area is 116 Å². The van der Waals surface area contributed by atoms with Gasteiger partial charge in [-0.05, 0) is 29.7 Å².